The fourth-order valence-electron chi connectivity index (χ4n) is 5.07. The fourth-order valence-corrected chi connectivity index (χ4v) is 14.8. The van der Waals surface area contributed by atoms with Crippen molar-refractivity contribution in [2.75, 3.05) is 0 Å². The van der Waals surface area contributed by atoms with E-state index >= 15 is 0 Å². The van der Waals surface area contributed by atoms with E-state index < -0.39 is 16.1 Å². The van der Waals surface area contributed by atoms with Crippen LogP contribution in [0.4, 0.5) is 0 Å². The molecule has 0 bridgehead atoms. The van der Waals surface area contributed by atoms with Gasteiger partial charge in [-0.15, -0.1) is 22.7 Å². The molecule has 6 rings (SSSR count). The zero-order valence-electron chi connectivity index (χ0n) is 15.4. The van der Waals surface area contributed by atoms with E-state index in [1.165, 1.54) is 31.7 Å². The molecule has 0 unspecified atom stereocenters. The smallest absolute Gasteiger partial charge is 0.114 e. The molecule has 4 heterocycles. The average molecular weight is 405 g/mol. The van der Waals surface area contributed by atoms with Gasteiger partial charge in [-0.05, 0) is 65.5 Å². The summed E-state index contributed by atoms with van der Waals surface area (Å²) in [5.74, 6) is 0. The lowest BCUT2D eigenvalue weighted by Gasteiger charge is -2.20. The predicted octanol–water partition coefficient (Wildman–Crippen LogP) is 4.57. The summed E-state index contributed by atoms with van der Waals surface area (Å²) in [7, 11) is -3.07. The maximum absolute atomic E-state index is 2.53. The minimum Gasteiger partial charge on any atom is -0.144 e. The SMILES string of the molecule is C[Si]1(C)c2cc3cc4c(cc3cc2-c2sccc21)[Si](C)(C)c1ccsc1-4. The van der Waals surface area contributed by atoms with Crippen LogP contribution in [0.3, 0.4) is 0 Å². The molecule has 0 N–H and O–H groups in total. The van der Waals surface area contributed by atoms with Gasteiger partial charge in [0.15, 0.2) is 0 Å². The summed E-state index contributed by atoms with van der Waals surface area (Å²) < 4.78 is 0. The summed E-state index contributed by atoms with van der Waals surface area (Å²) in [5, 5.41) is 14.0. The molecule has 2 aliphatic rings. The number of fused-ring (bicyclic) bond motifs is 7. The average Bonchev–Trinajstić information content (AvgIpc) is 3.33. The van der Waals surface area contributed by atoms with E-state index in [0.29, 0.717) is 0 Å². The molecular formula is C22H20S2Si2. The number of benzene rings is 2. The number of rotatable bonds is 0. The third kappa shape index (κ3) is 1.69. The van der Waals surface area contributed by atoms with Crippen LogP contribution in [0.1, 0.15) is 0 Å². The standard InChI is InChI=1S/C22H20S2Si2/c1-25(2)17-5-7-23-21(17)15-9-14-12-20-16(10-13(14)11-19(15)25)22-18(6-8-24-22)26(20,3)4/h5-12H,1-4H3. The van der Waals surface area contributed by atoms with Crippen LogP contribution in [0.15, 0.2) is 47.2 Å². The summed E-state index contributed by atoms with van der Waals surface area (Å²) in [6, 6.07) is 14.8. The predicted molar refractivity (Wildman–Crippen MR) is 124 cm³/mol. The molecule has 4 heteroatoms. The summed E-state index contributed by atoms with van der Waals surface area (Å²) >= 11 is 3.85. The van der Waals surface area contributed by atoms with Crippen molar-refractivity contribution >= 4 is 70.3 Å². The number of hydrogen-bond donors (Lipinski definition) is 0. The van der Waals surface area contributed by atoms with Gasteiger partial charge in [0.05, 0.1) is 0 Å². The van der Waals surface area contributed by atoms with Crippen molar-refractivity contribution in [2.24, 2.45) is 0 Å². The lowest BCUT2D eigenvalue weighted by molar-refractivity contribution is 1.78. The largest absolute Gasteiger partial charge is 0.144 e. The van der Waals surface area contributed by atoms with Gasteiger partial charge in [-0.25, -0.2) is 0 Å². The second kappa shape index (κ2) is 4.68. The molecule has 0 saturated carbocycles. The first-order valence-electron chi connectivity index (χ1n) is 9.18. The Morgan fingerprint density at radius 2 is 1.00 bits per heavy atom. The molecule has 0 spiro atoms. The highest BCUT2D eigenvalue weighted by Crippen LogP contribution is 2.38. The molecule has 2 aliphatic heterocycles. The van der Waals surface area contributed by atoms with Crippen molar-refractivity contribution in [3.63, 3.8) is 0 Å². The van der Waals surface area contributed by atoms with Gasteiger partial charge in [-0.2, -0.15) is 0 Å². The van der Waals surface area contributed by atoms with Gasteiger partial charge in [-0.3, -0.25) is 0 Å². The van der Waals surface area contributed by atoms with Crippen molar-refractivity contribution in [3.8, 4) is 20.9 Å². The zero-order chi connectivity index (χ0) is 17.8. The van der Waals surface area contributed by atoms with E-state index in [0.717, 1.165) is 0 Å². The summed E-state index contributed by atoms with van der Waals surface area (Å²) in [6.45, 7) is 10.0. The summed E-state index contributed by atoms with van der Waals surface area (Å²) in [6.07, 6.45) is 0. The van der Waals surface area contributed by atoms with Gasteiger partial charge >= 0.3 is 0 Å². The molecule has 0 aliphatic carbocycles. The van der Waals surface area contributed by atoms with E-state index in [4.69, 9.17) is 0 Å². The monoisotopic (exact) mass is 404 g/mol. The highest BCUT2D eigenvalue weighted by molar-refractivity contribution is 7.20. The Hall–Kier alpha value is -1.47. The Morgan fingerprint density at radius 1 is 0.577 bits per heavy atom. The van der Waals surface area contributed by atoms with Crippen molar-refractivity contribution in [1.29, 1.82) is 0 Å². The van der Waals surface area contributed by atoms with Gasteiger partial charge in [0.1, 0.15) is 16.1 Å². The quantitative estimate of drug-likeness (QED) is 0.377. The van der Waals surface area contributed by atoms with Gasteiger partial charge in [0.25, 0.3) is 0 Å². The molecule has 0 saturated heterocycles. The van der Waals surface area contributed by atoms with Crippen molar-refractivity contribution in [3.05, 3.63) is 47.2 Å². The highest BCUT2D eigenvalue weighted by atomic mass is 32.1. The van der Waals surface area contributed by atoms with Crippen LogP contribution in [0.25, 0.3) is 31.7 Å². The Bertz CT molecular complexity index is 1140. The van der Waals surface area contributed by atoms with E-state index in [9.17, 15) is 0 Å². The van der Waals surface area contributed by atoms with Crippen LogP contribution in [0.2, 0.25) is 26.2 Å². The third-order valence-electron chi connectivity index (χ3n) is 6.63. The van der Waals surface area contributed by atoms with Crippen LogP contribution in [0, 0.1) is 0 Å². The third-order valence-corrected chi connectivity index (χ3v) is 15.9. The molecule has 0 fully saturated rings. The van der Waals surface area contributed by atoms with Gasteiger partial charge in [0, 0.05) is 9.75 Å². The Labute approximate surface area is 164 Å². The Morgan fingerprint density at radius 3 is 1.42 bits per heavy atom. The van der Waals surface area contributed by atoms with E-state index in [2.05, 4.69) is 73.3 Å². The molecule has 0 radical (unpaired) electrons. The summed E-state index contributed by atoms with van der Waals surface area (Å²) in [5.41, 5.74) is 3.04. The fraction of sp³-hybridized carbons (Fsp3) is 0.182. The molecule has 4 aromatic rings. The molecule has 2 aromatic heterocycles. The van der Waals surface area contributed by atoms with Crippen LogP contribution < -0.4 is 20.7 Å². The molecule has 0 atom stereocenters. The van der Waals surface area contributed by atoms with Crippen LogP contribution in [0.5, 0.6) is 0 Å². The van der Waals surface area contributed by atoms with Crippen LogP contribution in [-0.2, 0) is 0 Å². The van der Waals surface area contributed by atoms with Crippen LogP contribution >= 0.6 is 22.7 Å². The first kappa shape index (κ1) is 15.6. The van der Waals surface area contributed by atoms with Gasteiger partial charge < -0.3 is 0 Å². The molecule has 0 nitrogen and oxygen atoms in total. The van der Waals surface area contributed by atoms with Crippen molar-refractivity contribution < 1.29 is 0 Å². The first-order chi connectivity index (χ1) is 12.4. The van der Waals surface area contributed by atoms with Crippen molar-refractivity contribution in [1.82, 2.24) is 0 Å². The van der Waals surface area contributed by atoms with Gasteiger partial charge in [-0.1, -0.05) is 50.5 Å². The molecule has 128 valence electrons. The van der Waals surface area contributed by atoms with E-state index in [1.54, 1.807) is 20.7 Å². The van der Waals surface area contributed by atoms with Gasteiger partial charge in [0.2, 0.25) is 0 Å². The summed E-state index contributed by atoms with van der Waals surface area (Å²) in [4.78, 5) is 3.07. The molecular weight excluding hydrogens is 385 g/mol. The first-order valence-corrected chi connectivity index (χ1v) is 16.9. The number of thiophene rings is 2. The maximum atomic E-state index is 2.53. The minimum absolute atomic E-state index is 1.43. The molecule has 0 amide bonds. The minimum atomic E-state index is -1.54. The second-order valence-corrected chi connectivity index (χ2v) is 19.2. The second-order valence-electron chi connectivity index (χ2n) is 8.72. The lowest BCUT2D eigenvalue weighted by atomic mass is 10.0. The Balaban J connectivity index is 1.69. The van der Waals surface area contributed by atoms with Crippen LogP contribution in [-0.4, -0.2) is 16.1 Å². The van der Waals surface area contributed by atoms with Crippen molar-refractivity contribution in [2.45, 2.75) is 26.2 Å². The normalized spacial score (nSPS) is 17.8. The number of hydrogen-bond acceptors (Lipinski definition) is 2. The molecule has 2 aromatic carbocycles. The highest BCUT2D eigenvalue weighted by Gasteiger charge is 2.40. The maximum Gasteiger partial charge on any atom is 0.114 e. The zero-order valence-corrected chi connectivity index (χ0v) is 19.1. The lowest BCUT2D eigenvalue weighted by Crippen LogP contribution is -2.49. The topological polar surface area (TPSA) is 0 Å². The Kier molecular flexibility index (Phi) is 2.80. The van der Waals surface area contributed by atoms with E-state index in [1.807, 2.05) is 22.7 Å². The molecule has 26 heavy (non-hydrogen) atoms. The van der Waals surface area contributed by atoms with E-state index in [-0.39, 0.29) is 0 Å².